The van der Waals surface area contributed by atoms with Gasteiger partial charge in [0.25, 0.3) is 5.69 Å². The lowest BCUT2D eigenvalue weighted by Gasteiger charge is -2.09. The van der Waals surface area contributed by atoms with E-state index in [1.54, 1.807) is 23.9 Å². The summed E-state index contributed by atoms with van der Waals surface area (Å²) in [5.74, 6) is 0.911. The predicted molar refractivity (Wildman–Crippen MR) is 96.1 cm³/mol. The lowest BCUT2D eigenvalue weighted by Crippen LogP contribution is -2.14. The topological polar surface area (TPSA) is 72.2 Å². The molecule has 0 aliphatic rings. The highest BCUT2D eigenvalue weighted by atomic mass is 32.2. The number of benzene rings is 2. The van der Waals surface area contributed by atoms with Gasteiger partial charge in [-0.3, -0.25) is 14.9 Å². The van der Waals surface area contributed by atoms with Crippen LogP contribution in [-0.4, -0.2) is 22.8 Å². The molecule has 0 bridgehead atoms. The highest BCUT2D eigenvalue weighted by Crippen LogP contribution is 2.25. The van der Waals surface area contributed by atoms with Crippen LogP contribution < -0.4 is 5.32 Å². The summed E-state index contributed by atoms with van der Waals surface area (Å²) in [6.07, 6.45) is 1.97. The highest BCUT2D eigenvalue weighted by Gasteiger charge is 2.07. The van der Waals surface area contributed by atoms with E-state index in [4.69, 9.17) is 0 Å². The molecular formula is C16H16N2O3S2. The zero-order valence-electron chi connectivity index (χ0n) is 12.5. The largest absolute Gasteiger partial charge is 0.324 e. The third kappa shape index (κ3) is 5.30. The molecule has 0 saturated heterocycles. The Morgan fingerprint density at radius 2 is 1.87 bits per heavy atom. The SMILES string of the molecule is CSc1ccccc1NC(=O)CSCc1ccc([N+](=O)[O-])cc1. The lowest BCUT2D eigenvalue weighted by molar-refractivity contribution is -0.384. The zero-order chi connectivity index (χ0) is 16.7. The van der Waals surface area contributed by atoms with Crippen LogP contribution >= 0.6 is 23.5 Å². The first kappa shape index (κ1) is 17.4. The number of carbonyl (C=O) groups is 1. The van der Waals surface area contributed by atoms with Gasteiger partial charge in [0.1, 0.15) is 0 Å². The molecule has 7 heteroatoms. The molecule has 0 heterocycles. The van der Waals surface area contributed by atoms with Crippen LogP contribution in [0.2, 0.25) is 0 Å². The number of nitrogens with zero attached hydrogens (tertiary/aromatic N) is 1. The van der Waals surface area contributed by atoms with Crippen LogP contribution in [0.5, 0.6) is 0 Å². The Bertz CT molecular complexity index is 690. The van der Waals surface area contributed by atoms with Gasteiger partial charge >= 0.3 is 0 Å². The van der Waals surface area contributed by atoms with E-state index in [0.717, 1.165) is 16.1 Å². The van der Waals surface area contributed by atoms with Crippen molar-refractivity contribution in [1.29, 1.82) is 0 Å². The fourth-order valence-electron chi connectivity index (χ4n) is 1.91. The molecule has 0 saturated carbocycles. The maximum atomic E-state index is 12.0. The van der Waals surface area contributed by atoms with E-state index < -0.39 is 4.92 Å². The molecule has 1 N–H and O–H groups in total. The molecule has 2 aromatic rings. The Morgan fingerprint density at radius 1 is 1.17 bits per heavy atom. The number of non-ortho nitro benzene ring substituents is 1. The van der Waals surface area contributed by atoms with Gasteiger partial charge in [-0.2, -0.15) is 0 Å². The summed E-state index contributed by atoms with van der Waals surface area (Å²) in [6, 6.07) is 14.0. The van der Waals surface area contributed by atoms with E-state index in [1.807, 2.05) is 30.5 Å². The van der Waals surface area contributed by atoms with Crippen molar-refractivity contribution in [2.45, 2.75) is 10.6 Å². The average molecular weight is 348 g/mol. The number of hydrogen-bond acceptors (Lipinski definition) is 5. The maximum absolute atomic E-state index is 12.0. The summed E-state index contributed by atoms with van der Waals surface area (Å²) in [5, 5.41) is 13.5. The second kappa shape index (κ2) is 8.59. The zero-order valence-corrected chi connectivity index (χ0v) is 14.2. The summed E-state index contributed by atoms with van der Waals surface area (Å²) in [4.78, 5) is 23.2. The minimum atomic E-state index is -0.423. The summed E-state index contributed by atoms with van der Waals surface area (Å²) in [5.41, 5.74) is 1.85. The fourth-order valence-corrected chi connectivity index (χ4v) is 3.25. The van der Waals surface area contributed by atoms with E-state index >= 15 is 0 Å². The van der Waals surface area contributed by atoms with Gasteiger partial charge in [-0.1, -0.05) is 24.3 Å². The smallest absolute Gasteiger partial charge is 0.269 e. The van der Waals surface area contributed by atoms with Crippen molar-refractivity contribution < 1.29 is 9.72 Å². The second-order valence-electron chi connectivity index (χ2n) is 4.66. The Kier molecular flexibility index (Phi) is 6.49. The number of hydrogen-bond donors (Lipinski definition) is 1. The Hall–Kier alpha value is -1.99. The van der Waals surface area contributed by atoms with Gasteiger partial charge in [0.2, 0.25) is 5.91 Å². The lowest BCUT2D eigenvalue weighted by atomic mass is 10.2. The van der Waals surface area contributed by atoms with Crippen LogP contribution in [0.3, 0.4) is 0 Å². The van der Waals surface area contributed by atoms with Crippen molar-refractivity contribution in [3.05, 3.63) is 64.2 Å². The summed E-state index contributed by atoms with van der Waals surface area (Å²) in [6.45, 7) is 0. The van der Waals surface area contributed by atoms with Crippen LogP contribution in [0, 0.1) is 10.1 Å². The third-order valence-electron chi connectivity index (χ3n) is 3.03. The normalized spacial score (nSPS) is 10.3. The van der Waals surface area contributed by atoms with Gasteiger partial charge in [0, 0.05) is 22.8 Å². The molecule has 0 aliphatic heterocycles. The number of anilines is 1. The van der Waals surface area contributed by atoms with Crippen molar-refractivity contribution in [3.8, 4) is 0 Å². The maximum Gasteiger partial charge on any atom is 0.269 e. The number of nitrogens with one attached hydrogen (secondary N) is 1. The number of para-hydroxylation sites is 1. The molecule has 0 atom stereocenters. The highest BCUT2D eigenvalue weighted by molar-refractivity contribution is 7.99. The minimum Gasteiger partial charge on any atom is -0.324 e. The van der Waals surface area contributed by atoms with Crippen LogP contribution in [0.4, 0.5) is 11.4 Å². The molecule has 2 aromatic carbocycles. The van der Waals surface area contributed by atoms with Gasteiger partial charge in [-0.15, -0.1) is 23.5 Å². The van der Waals surface area contributed by atoms with E-state index in [2.05, 4.69) is 5.32 Å². The van der Waals surface area contributed by atoms with E-state index in [9.17, 15) is 14.9 Å². The van der Waals surface area contributed by atoms with Crippen molar-refractivity contribution in [3.63, 3.8) is 0 Å². The molecule has 23 heavy (non-hydrogen) atoms. The molecule has 2 rings (SSSR count). The summed E-state index contributed by atoms with van der Waals surface area (Å²) in [7, 11) is 0. The van der Waals surface area contributed by atoms with E-state index in [0.29, 0.717) is 11.5 Å². The van der Waals surface area contributed by atoms with Crippen molar-refractivity contribution in [2.75, 3.05) is 17.3 Å². The fraction of sp³-hybridized carbons (Fsp3) is 0.188. The number of thioether (sulfide) groups is 2. The van der Waals surface area contributed by atoms with Crippen molar-refractivity contribution in [1.82, 2.24) is 0 Å². The molecule has 0 unspecified atom stereocenters. The summed E-state index contributed by atoms with van der Waals surface area (Å²) >= 11 is 3.06. The molecule has 5 nitrogen and oxygen atoms in total. The van der Waals surface area contributed by atoms with Crippen molar-refractivity contribution in [2.24, 2.45) is 0 Å². The van der Waals surface area contributed by atoms with Crippen LogP contribution in [-0.2, 0) is 10.5 Å². The van der Waals surface area contributed by atoms with Gasteiger partial charge < -0.3 is 5.32 Å². The minimum absolute atomic E-state index is 0.0570. The summed E-state index contributed by atoms with van der Waals surface area (Å²) < 4.78 is 0. The molecule has 0 aliphatic carbocycles. The average Bonchev–Trinajstić information content (AvgIpc) is 2.56. The first-order chi connectivity index (χ1) is 11.1. The molecule has 0 fully saturated rings. The number of amides is 1. The Labute approximate surface area is 143 Å². The standard InChI is InChI=1S/C16H16N2O3S2/c1-22-15-5-3-2-4-14(15)17-16(19)11-23-10-12-6-8-13(9-7-12)18(20)21/h2-9H,10-11H2,1H3,(H,17,19). The van der Waals surface area contributed by atoms with E-state index in [1.165, 1.54) is 23.9 Å². The number of nitro groups is 1. The first-order valence-corrected chi connectivity index (χ1v) is 9.22. The molecular weight excluding hydrogens is 332 g/mol. The second-order valence-corrected chi connectivity index (χ2v) is 6.50. The quantitative estimate of drug-likeness (QED) is 0.461. The van der Waals surface area contributed by atoms with Gasteiger partial charge in [0.05, 0.1) is 16.4 Å². The molecule has 0 spiro atoms. The molecule has 1 amide bonds. The predicted octanol–water partition coefficient (Wildman–Crippen LogP) is 4.19. The monoisotopic (exact) mass is 348 g/mol. The third-order valence-corrected chi connectivity index (χ3v) is 4.83. The van der Waals surface area contributed by atoms with Crippen LogP contribution in [0.25, 0.3) is 0 Å². The van der Waals surface area contributed by atoms with Gasteiger partial charge in [-0.25, -0.2) is 0 Å². The van der Waals surface area contributed by atoms with Crippen LogP contribution in [0.15, 0.2) is 53.4 Å². The number of nitro benzene ring substituents is 1. The number of rotatable bonds is 7. The number of carbonyl (C=O) groups excluding carboxylic acids is 1. The Balaban J connectivity index is 1.81. The van der Waals surface area contributed by atoms with Crippen molar-refractivity contribution >= 4 is 40.8 Å². The van der Waals surface area contributed by atoms with Gasteiger partial charge in [0.15, 0.2) is 0 Å². The van der Waals surface area contributed by atoms with Crippen LogP contribution in [0.1, 0.15) is 5.56 Å². The van der Waals surface area contributed by atoms with Gasteiger partial charge in [-0.05, 0) is 24.0 Å². The molecule has 120 valence electrons. The van der Waals surface area contributed by atoms with E-state index in [-0.39, 0.29) is 11.6 Å². The molecule has 0 radical (unpaired) electrons. The molecule has 0 aromatic heterocycles. The Morgan fingerprint density at radius 3 is 2.52 bits per heavy atom. The first-order valence-electron chi connectivity index (χ1n) is 6.84.